The average Bonchev–Trinajstić information content (AvgIpc) is 3.09. The summed E-state index contributed by atoms with van der Waals surface area (Å²) < 4.78 is 5.64. The molecule has 1 amide bonds. The van der Waals surface area contributed by atoms with Gasteiger partial charge in [0.1, 0.15) is 5.52 Å². The molecule has 0 radical (unpaired) electrons. The molecule has 1 aromatic heterocycles. The molecule has 0 saturated carbocycles. The second kappa shape index (κ2) is 7.54. The highest BCUT2D eigenvalue weighted by atomic mass is 32.2. The van der Waals surface area contributed by atoms with Crippen LogP contribution in [0.4, 0.5) is 0 Å². The number of hydrogen-bond acceptors (Lipinski definition) is 4. The third kappa shape index (κ3) is 3.78. The van der Waals surface area contributed by atoms with Crippen molar-refractivity contribution in [2.75, 3.05) is 5.75 Å². The molecule has 5 heteroatoms. The fourth-order valence-electron chi connectivity index (χ4n) is 3.43. The zero-order valence-corrected chi connectivity index (χ0v) is 15.6. The second-order valence-electron chi connectivity index (χ2n) is 6.76. The molecule has 1 N–H and O–H groups in total. The molecule has 0 spiro atoms. The third-order valence-corrected chi connectivity index (χ3v) is 5.68. The van der Waals surface area contributed by atoms with E-state index in [0.717, 1.165) is 17.5 Å². The van der Waals surface area contributed by atoms with Crippen molar-refractivity contribution >= 4 is 28.8 Å². The standard InChI is InChI=1S/C21H22N2O2S/c1-14(16-11-10-15-6-2-3-7-17(15)12-16)22-20(24)13-26-21-23-18-8-4-5-9-19(18)25-21/h4-5,8-12,14H,2-3,6-7,13H2,1H3,(H,22,24)/t14-/m0/s1. The maximum Gasteiger partial charge on any atom is 0.257 e. The summed E-state index contributed by atoms with van der Waals surface area (Å²) in [5, 5.41) is 3.61. The molecule has 0 aliphatic heterocycles. The van der Waals surface area contributed by atoms with Gasteiger partial charge in [0.05, 0.1) is 11.8 Å². The molecule has 3 aromatic rings. The van der Waals surface area contributed by atoms with Crippen LogP contribution >= 0.6 is 11.8 Å². The molecule has 0 fully saturated rings. The Kier molecular flexibility index (Phi) is 4.98. The number of fused-ring (bicyclic) bond motifs is 2. The highest BCUT2D eigenvalue weighted by Gasteiger charge is 2.15. The summed E-state index contributed by atoms with van der Waals surface area (Å²) in [7, 11) is 0. The SMILES string of the molecule is C[C@H](NC(=O)CSc1nc2ccccc2o1)c1ccc2c(c1)CCCC2. The molecule has 0 saturated heterocycles. The van der Waals surface area contributed by atoms with Crippen molar-refractivity contribution in [3.8, 4) is 0 Å². The number of carbonyl (C=O) groups is 1. The van der Waals surface area contributed by atoms with Crippen LogP contribution in [0.3, 0.4) is 0 Å². The Morgan fingerprint density at radius 2 is 2.00 bits per heavy atom. The molecular weight excluding hydrogens is 344 g/mol. The molecule has 4 rings (SSSR count). The van der Waals surface area contributed by atoms with E-state index in [4.69, 9.17) is 4.42 Å². The first-order chi connectivity index (χ1) is 12.7. The molecule has 4 nitrogen and oxygen atoms in total. The van der Waals surface area contributed by atoms with Gasteiger partial charge in [0.25, 0.3) is 5.22 Å². The van der Waals surface area contributed by atoms with Gasteiger partial charge in [0.2, 0.25) is 5.91 Å². The van der Waals surface area contributed by atoms with Crippen LogP contribution < -0.4 is 5.32 Å². The number of thioether (sulfide) groups is 1. The highest BCUT2D eigenvalue weighted by Crippen LogP contribution is 2.26. The van der Waals surface area contributed by atoms with Gasteiger partial charge >= 0.3 is 0 Å². The van der Waals surface area contributed by atoms with Crippen LogP contribution in [0.15, 0.2) is 52.1 Å². The van der Waals surface area contributed by atoms with E-state index in [-0.39, 0.29) is 11.9 Å². The van der Waals surface area contributed by atoms with Crippen LogP contribution in [0.5, 0.6) is 0 Å². The fourth-order valence-corrected chi connectivity index (χ4v) is 4.08. The van der Waals surface area contributed by atoms with Gasteiger partial charge in [-0.15, -0.1) is 0 Å². The van der Waals surface area contributed by atoms with Crippen LogP contribution in [0.1, 0.15) is 42.5 Å². The summed E-state index contributed by atoms with van der Waals surface area (Å²) in [6.07, 6.45) is 4.87. The van der Waals surface area contributed by atoms with Crippen molar-refractivity contribution in [2.24, 2.45) is 0 Å². The molecule has 1 atom stereocenters. The first-order valence-electron chi connectivity index (χ1n) is 9.08. The maximum atomic E-state index is 12.3. The van der Waals surface area contributed by atoms with Crippen molar-refractivity contribution in [1.29, 1.82) is 0 Å². The normalized spacial score (nSPS) is 14.8. The maximum absolute atomic E-state index is 12.3. The Morgan fingerprint density at radius 1 is 1.19 bits per heavy atom. The van der Waals surface area contributed by atoms with E-state index in [1.807, 2.05) is 31.2 Å². The number of oxazole rings is 1. The van der Waals surface area contributed by atoms with Gasteiger partial charge in [0.15, 0.2) is 5.58 Å². The zero-order chi connectivity index (χ0) is 17.9. The van der Waals surface area contributed by atoms with Crippen LogP contribution in [-0.4, -0.2) is 16.6 Å². The smallest absolute Gasteiger partial charge is 0.257 e. The number of aromatic nitrogens is 1. The molecule has 1 aliphatic carbocycles. The van der Waals surface area contributed by atoms with E-state index in [9.17, 15) is 4.79 Å². The molecule has 1 aliphatic rings. The predicted octanol–water partition coefficient (Wildman–Crippen LogP) is 4.68. The molecule has 2 aromatic carbocycles. The van der Waals surface area contributed by atoms with Gasteiger partial charge < -0.3 is 9.73 Å². The largest absolute Gasteiger partial charge is 0.431 e. The number of aryl methyl sites for hydroxylation is 2. The van der Waals surface area contributed by atoms with Gasteiger partial charge in [-0.1, -0.05) is 42.1 Å². The number of para-hydroxylation sites is 2. The van der Waals surface area contributed by atoms with Gasteiger partial charge in [-0.2, -0.15) is 0 Å². The summed E-state index contributed by atoms with van der Waals surface area (Å²) in [6.45, 7) is 2.03. The van der Waals surface area contributed by atoms with Gasteiger partial charge in [-0.3, -0.25) is 4.79 Å². The van der Waals surface area contributed by atoms with Gasteiger partial charge in [-0.05, 0) is 61.4 Å². The van der Waals surface area contributed by atoms with E-state index >= 15 is 0 Å². The Hall–Kier alpha value is -2.27. The summed E-state index contributed by atoms with van der Waals surface area (Å²) >= 11 is 1.32. The van der Waals surface area contributed by atoms with Crippen molar-refractivity contribution < 1.29 is 9.21 Å². The first kappa shape index (κ1) is 17.2. The number of carbonyl (C=O) groups excluding carboxylic acids is 1. The van der Waals surface area contributed by atoms with E-state index < -0.39 is 0 Å². The van der Waals surface area contributed by atoms with Gasteiger partial charge in [-0.25, -0.2) is 4.98 Å². The number of nitrogens with one attached hydrogen (secondary N) is 1. The highest BCUT2D eigenvalue weighted by molar-refractivity contribution is 7.99. The lowest BCUT2D eigenvalue weighted by atomic mass is 9.89. The summed E-state index contributed by atoms with van der Waals surface area (Å²) in [5.74, 6) is 0.282. The first-order valence-corrected chi connectivity index (χ1v) is 10.1. The lowest BCUT2D eigenvalue weighted by molar-refractivity contribution is -0.119. The van der Waals surface area contributed by atoms with Crippen molar-refractivity contribution in [2.45, 2.75) is 43.9 Å². The quantitative estimate of drug-likeness (QED) is 0.666. The summed E-state index contributed by atoms with van der Waals surface area (Å²) in [5.41, 5.74) is 5.64. The monoisotopic (exact) mass is 366 g/mol. The van der Waals surface area contributed by atoms with E-state index in [2.05, 4.69) is 28.5 Å². The second-order valence-corrected chi connectivity index (χ2v) is 7.69. The Balaban J connectivity index is 1.35. The van der Waals surface area contributed by atoms with Crippen molar-refractivity contribution in [3.63, 3.8) is 0 Å². The van der Waals surface area contributed by atoms with Crippen LogP contribution in [-0.2, 0) is 17.6 Å². The number of amides is 1. The number of rotatable bonds is 5. The molecular formula is C21H22N2O2S. The van der Waals surface area contributed by atoms with Crippen molar-refractivity contribution in [3.05, 3.63) is 59.2 Å². The topological polar surface area (TPSA) is 55.1 Å². The van der Waals surface area contributed by atoms with E-state index in [0.29, 0.717) is 11.0 Å². The lowest BCUT2D eigenvalue weighted by Crippen LogP contribution is -2.28. The minimum atomic E-state index is -0.0116. The number of nitrogens with zero attached hydrogens (tertiary/aromatic N) is 1. The Bertz CT molecular complexity index is 902. The van der Waals surface area contributed by atoms with Crippen molar-refractivity contribution in [1.82, 2.24) is 10.3 Å². The van der Waals surface area contributed by atoms with Gasteiger partial charge in [0, 0.05) is 0 Å². The molecule has 26 heavy (non-hydrogen) atoms. The van der Waals surface area contributed by atoms with E-state index in [1.54, 1.807) is 0 Å². The summed E-state index contributed by atoms with van der Waals surface area (Å²) in [4.78, 5) is 16.7. The minimum absolute atomic E-state index is 0.000964. The average molecular weight is 366 g/mol. The summed E-state index contributed by atoms with van der Waals surface area (Å²) in [6, 6.07) is 14.2. The third-order valence-electron chi connectivity index (χ3n) is 4.85. The van der Waals surface area contributed by atoms with Crippen LogP contribution in [0, 0.1) is 0 Å². The Morgan fingerprint density at radius 3 is 2.85 bits per heavy atom. The fraction of sp³-hybridized carbons (Fsp3) is 0.333. The van der Waals surface area contributed by atoms with Crippen LogP contribution in [0.25, 0.3) is 11.1 Å². The number of benzene rings is 2. The lowest BCUT2D eigenvalue weighted by Gasteiger charge is -2.20. The molecule has 134 valence electrons. The number of hydrogen-bond donors (Lipinski definition) is 1. The molecule has 1 heterocycles. The minimum Gasteiger partial charge on any atom is -0.431 e. The van der Waals surface area contributed by atoms with E-state index in [1.165, 1.54) is 47.7 Å². The van der Waals surface area contributed by atoms with Crippen LogP contribution in [0.2, 0.25) is 0 Å². The zero-order valence-electron chi connectivity index (χ0n) is 14.8. The molecule has 0 bridgehead atoms. The Labute approximate surface area is 157 Å². The molecule has 0 unspecified atom stereocenters. The predicted molar refractivity (Wildman–Crippen MR) is 104 cm³/mol.